The number of hydrogen-bond donors (Lipinski definition) is 3. The van der Waals surface area contributed by atoms with Crippen LogP contribution in [0.3, 0.4) is 0 Å². The summed E-state index contributed by atoms with van der Waals surface area (Å²) in [6.07, 6.45) is 1.89. The Morgan fingerprint density at radius 2 is 1.88 bits per heavy atom. The number of carboxylic acid groups (broad SMARTS) is 1. The Labute approximate surface area is 153 Å². The van der Waals surface area contributed by atoms with Gasteiger partial charge in [0.15, 0.2) is 0 Å². The second kappa shape index (κ2) is 9.22. The van der Waals surface area contributed by atoms with Crippen molar-refractivity contribution in [3.8, 4) is 0 Å². The lowest BCUT2D eigenvalue weighted by Crippen LogP contribution is -2.49. The number of nitrogens with zero attached hydrogens (tertiary/aromatic N) is 1. The molecule has 1 fully saturated rings. The molecule has 3 N–H and O–H groups in total. The third kappa shape index (κ3) is 5.75. The molecule has 1 aliphatic rings. The molecule has 0 radical (unpaired) electrons. The summed E-state index contributed by atoms with van der Waals surface area (Å²) >= 11 is 0. The van der Waals surface area contributed by atoms with Gasteiger partial charge in [-0.25, -0.2) is 4.79 Å². The minimum Gasteiger partial charge on any atom is -0.481 e. The number of amides is 3. The molecule has 1 heterocycles. The van der Waals surface area contributed by atoms with E-state index in [2.05, 4.69) is 10.6 Å². The van der Waals surface area contributed by atoms with Crippen molar-refractivity contribution in [2.24, 2.45) is 11.8 Å². The number of carboxylic acids is 1. The number of benzene rings is 1. The first-order chi connectivity index (χ1) is 12.4. The number of nitrogens with one attached hydrogen (secondary N) is 2. The van der Waals surface area contributed by atoms with Crippen molar-refractivity contribution >= 4 is 23.6 Å². The van der Waals surface area contributed by atoms with Gasteiger partial charge in [0.05, 0.1) is 5.92 Å². The Kier molecular flexibility index (Phi) is 7.00. The lowest BCUT2D eigenvalue weighted by molar-refractivity contribution is -0.143. The number of carbonyl (C=O) groups excluding carboxylic acids is 2. The number of urea groups is 1. The molecule has 0 saturated carbocycles. The van der Waals surface area contributed by atoms with E-state index < -0.39 is 11.9 Å². The summed E-state index contributed by atoms with van der Waals surface area (Å²) in [7, 11) is 0. The van der Waals surface area contributed by atoms with E-state index in [1.54, 1.807) is 17.0 Å². The van der Waals surface area contributed by atoms with E-state index in [4.69, 9.17) is 0 Å². The first kappa shape index (κ1) is 19.8. The summed E-state index contributed by atoms with van der Waals surface area (Å²) in [6, 6.07) is 7.06. The third-order valence-corrected chi connectivity index (χ3v) is 4.45. The zero-order valence-electron chi connectivity index (χ0n) is 15.3. The number of anilines is 1. The van der Waals surface area contributed by atoms with Crippen LogP contribution in [-0.2, 0) is 16.1 Å². The van der Waals surface area contributed by atoms with E-state index in [-0.39, 0.29) is 24.4 Å². The number of piperidine rings is 1. The van der Waals surface area contributed by atoms with E-state index in [1.807, 2.05) is 26.0 Å². The molecule has 142 valence electrons. The molecule has 1 aliphatic heterocycles. The molecule has 2 rings (SSSR count). The smallest absolute Gasteiger partial charge is 0.317 e. The average Bonchev–Trinajstić information content (AvgIpc) is 2.60. The monoisotopic (exact) mass is 361 g/mol. The van der Waals surface area contributed by atoms with Gasteiger partial charge in [-0.1, -0.05) is 26.0 Å². The second-order valence-corrected chi connectivity index (χ2v) is 6.93. The Morgan fingerprint density at radius 1 is 1.19 bits per heavy atom. The molecular weight excluding hydrogens is 334 g/mol. The van der Waals surface area contributed by atoms with Crippen molar-refractivity contribution in [2.45, 2.75) is 39.7 Å². The molecule has 0 aromatic heterocycles. The van der Waals surface area contributed by atoms with Crippen molar-refractivity contribution in [1.82, 2.24) is 10.2 Å². The van der Waals surface area contributed by atoms with E-state index in [1.165, 1.54) is 0 Å². The molecular formula is C19H27N3O4. The van der Waals surface area contributed by atoms with Gasteiger partial charge in [0.1, 0.15) is 0 Å². The SMILES string of the molecule is CCCC(=O)Nc1ccc(CNC(=O)N2CC(C)CC(C(=O)O)C2)cc1. The molecule has 1 saturated heterocycles. The van der Waals surface area contributed by atoms with E-state index in [0.717, 1.165) is 17.7 Å². The molecule has 1 aromatic rings. The number of hydrogen-bond acceptors (Lipinski definition) is 3. The predicted octanol–water partition coefficient (Wildman–Crippen LogP) is 2.68. The number of aliphatic carboxylic acids is 1. The molecule has 2 atom stereocenters. The minimum atomic E-state index is -0.852. The first-order valence-corrected chi connectivity index (χ1v) is 9.03. The van der Waals surface area contributed by atoms with Crippen LogP contribution in [0, 0.1) is 11.8 Å². The third-order valence-electron chi connectivity index (χ3n) is 4.45. The lowest BCUT2D eigenvalue weighted by Gasteiger charge is -2.34. The van der Waals surface area contributed by atoms with Crippen molar-refractivity contribution < 1.29 is 19.5 Å². The van der Waals surface area contributed by atoms with E-state index >= 15 is 0 Å². The average molecular weight is 361 g/mol. The lowest BCUT2D eigenvalue weighted by atomic mass is 9.91. The van der Waals surface area contributed by atoms with Gasteiger partial charge in [-0.05, 0) is 36.5 Å². The van der Waals surface area contributed by atoms with Gasteiger partial charge in [0.25, 0.3) is 0 Å². The van der Waals surface area contributed by atoms with Crippen molar-refractivity contribution in [3.05, 3.63) is 29.8 Å². The fourth-order valence-corrected chi connectivity index (χ4v) is 3.14. The predicted molar refractivity (Wildman–Crippen MR) is 98.7 cm³/mol. The molecule has 0 aliphatic carbocycles. The van der Waals surface area contributed by atoms with Crippen LogP contribution in [0.2, 0.25) is 0 Å². The highest BCUT2D eigenvalue weighted by atomic mass is 16.4. The number of likely N-dealkylation sites (tertiary alicyclic amines) is 1. The zero-order valence-corrected chi connectivity index (χ0v) is 15.3. The summed E-state index contributed by atoms with van der Waals surface area (Å²) in [5.41, 5.74) is 1.64. The highest BCUT2D eigenvalue weighted by Crippen LogP contribution is 2.21. The van der Waals surface area contributed by atoms with Crippen LogP contribution in [0.25, 0.3) is 0 Å². The summed E-state index contributed by atoms with van der Waals surface area (Å²) < 4.78 is 0. The zero-order chi connectivity index (χ0) is 19.1. The fraction of sp³-hybridized carbons (Fsp3) is 0.526. The van der Waals surface area contributed by atoms with Gasteiger partial charge in [0.2, 0.25) is 5.91 Å². The van der Waals surface area contributed by atoms with Crippen molar-refractivity contribution in [1.29, 1.82) is 0 Å². The van der Waals surface area contributed by atoms with E-state index in [0.29, 0.717) is 25.9 Å². The van der Waals surface area contributed by atoms with Crippen LogP contribution in [0.5, 0.6) is 0 Å². The van der Waals surface area contributed by atoms with Crippen LogP contribution >= 0.6 is 0 Å². The Balaban J connectivity index is 1.85. The normalized spacial score (nSPS) is 19.7. The maximum absolute atomic E-state index is 12.3. The number of rotatable bonds is 6. The Morgan fingerprint density at radius 3 is 2.50 bits per heavy atom. The van der Waals surface area contributed by atoms with Crippen molar-refractivity contribution in [3.63, 3.8) is 0 Å². The van der Waals surface area contributed by atoms with Gasteiger partial charge in [0, 0.05) is 31.7 Å². The summed E-state index contributed by atoms with van der Waals surface area (Å²) in [6.45, 7) is 5.07. The topological polar surface area (TPSA) is 98.7 Å². The summed E-state index contributed by atoms with van der Waals surface area (Å²) in [4.78, 5) is 36.7. The fourth-order valence-electron chi connectivity index (χ4n) is 3.14. The van der Waals surface area contributed by atoms with Crippen LogP contribution in [0.15, 0.2) is 24.3 Å². The van der Waals surface area contributed by atoms with Crippen LogP contribution in [0.4, 0.5) is 10.5 Å². The Bertz CT molecular complexity index is 645. The largest absolute Gasteiger partial charge is 0.481 e. The molecule has 1 aromatic carbocycles. The van der Waals surface area contributed by atoms with Gasteiger partial charge >= 0.3 is 12.0 Å². The van der Waals surface area contributed by atoms with Gasteiger partial charge in [-0.2, -0.15) is 0 Å². The molecule has 0 bridgehead atoms. The highest BCUT2D eigenvalue weighted by molar-refractivity contribution is 5.90. The molecule has 26 heavy (non-hydrogen) atoms. The quantitative estimate of drug-likeness (QED) is 0.725. The van der Waals surface area contributed by atoms with Crippen molar-refractivity contribution in [2.75, 3.05) is 18.4 Å². The standard InChI is InChI=1S/C19H27N3O4/c1-3-4-17(23)21-16-7-5-14(6-8-16)10-20-19(26)22-11-13(2)9-15(12-22)18(24)25/h5-8,13,15H,3-4,9-12H2,1-2H3,(H,20,26)(H,21,23)(H,24,25). The molecule has 3 amide bonds. The second-order valence-electron chi connectivity index (χ2n) is 6.93. The van der Waals surface area contributed by atoms with Crippen LogP contribution < -0.4 is 10.6 Å². The minimum absolute atomic E-state index is 0.0132. The highest BCUT2D eigenvalue weighted by Gasteiger charge is 2.31. The first-order valence-electron chi connectivity index (χ1n) is 9.03. The summed E-state index contributed by atoms with van der Waals surface area (Å²) in [5.74, 6) is -1.20. The van der Waals surface area contributed by atoms with Crippen LogP contribution in [-0.4, -0.2) is 41.0 Å². The molecule has 0 spiro atoms. The molecule has 7 heteroatoms. The molecule has 7 nitrogen and oxygen atoms in total. The number of carbonyl (C=O) groups is 3. The van der Waals surface area contributed by atoms with Crippen LogP contribution in [0.1, 0.15) is 38.7 Å². The van der Waals surface area contributed by atoms with Gasteiger partial charge in [-0.3, -0.25) is 9.59 Å². The van der Waals surface area contributed by atoms with E-state index in [9.17, 15) is 19.5 Å². The van der Waals surface area contributed by atoms with Gasteiger partial charge < -0.3 is 20.6 Å². The maximum atomic E-state index is 12.3. The Hall–Kier alpha value is -2.57. The molecule has 2 unspecified atom stereocenters. The summed E-state index contributed by atoms with van der Waals surface area (Å²) in [5, 5.41) is 14.8. The maximum Gasteiger partial charge on any atom is 0.317 e. The van der Waals surface area contributed by atoms with Gasteiger partial charge in [-0.15, -0.1) is 0 Å².